The SMILES string of the molecule is CN1CCc2c([nH]c3ccccc23)[C@H]1c1ccc2c(c1)CCO2.CN1Cc2c([nH]c3ccccc3c2=O)[C@H]1c1ccc2c(c1)CCO2.[I][V]([I])[I].[I][V][I]. The van der Waals surface area contributed by atoms with E-state index in [1.165, 1.54) is 44.4 Å². The number of pyridine rings is 1. The van der Waals surface area contributed by atoms with E-state index in [9.17, 15) is 4.79 Å². The maximum absolute atomic E-state index is 12.9. The molecule has 0 saturated heterocycles. The molecule has 6 heterocycles. The number of halogens is 5. The molecule has 0 unspecified atom stereocenters. The van der Waals surface area contributed by atoms with Crippen LogP contribution in [-0.4, -0.2) is 53.6 Å². The van der Waals surface area contributed by atoms with Crippen LogP contribution in [0.25, 0.3) is 21.8 Å². The van der Waals surface area contributed by atoms with Gasteiger partial charge in [0.15, 0.2) is 5.43 Å². The van der Waals surface area contributed by atoms with E-state index in [-0.39, 0.29) is 16.4 Å². The second kappa shape index (κ2) is 19.4. The van der Waals surface area contributed by atoms with Gasteiger partial charge < -0.3 is 19.4 Å². The van der Waals surface area contributed by atoms with Crippen LogP contribution in [0.4, 0.5) is 0 Å². The summed E-state index contributed by atoms with van der Waals surface area (Å²) in [6.45, 7) is 3.34. The van der Waals surface area contributed by atoms with Gasteiger partial charge in [0, 0.05) is 64.7 Å². The number of nitrogens with one attached hydrogen (secondary N) is 2. The molecule has 0 saturated carbocycles. The molecule has 281 valence electrons. The molecule has 10 rings (SSSR count). The van der Waals surface area contributed by atoms with Crippen molar-refractivity contribution in [1.29, 1.82) is 0 Å². The second-order valence-electron chi connectivity index (χ2n) is 13.6. The third-order valence-electron chi connectivity index (χ3n) is 10.5. The van der Waals surface area contributed by atoms with Crippen molar-refractivity contribution in [3.05, 3.63) is 140 Å². The molecule has 4 aromatic carbocycles. The van der Waals surface area contributed by atoms with E-state index >= 15 is 0 Å². The van der Waals surface area contributed by atoms with Crippen LogP contribution < -0.4 is 14.9 Å². The second-order valence-corrected chi connectivity index (χ2v) is 60.8. The molecule has 2 aromatic heterocycles. The predicted octanol–water partition coefficient (Wildman–Crippen LogP) is 11.1. The Labute approximate surface area is 382 Å². The zero-order valence-corrected chi connectivity index (χ0v) is 43.2. The van der Waals surface area contributed by atoms with Crippen LogP contribution >= 0.6 is 99.9 Å². The van der Waals surface area contributed by atoms with Crippen molar-refractivity contribution in [3.8, 4) is 11.5 Å². The molecular formula is C40H38I5N4O3V2. The van der Waals surface area contributed by atoms with Gasteiger partial charge in [0.25, 0.3) is 0 Å². The van der Waals surface area contributed by atoms with Crippen LogP contribution in [0.3, 0.4) is 0 Å². The molecule has 6 aromatic rings. The van der Waals surface area contributed by atoms with Gasteiger partial charge in [-0.1, -0.05) is 54.6 Å². The number of H-pyrrole nitrogens is 2. The number of aromatic amines is 2. The van der Waals surface area contributed by atoms with Crippen molar-refractivity contribution in [2.45, 2.75) is 37.9 Å². The van der Waals surface area contributed by atoms with Gasteiger partial charge in [0.05, 0.1) is 25.3 Å². The quantitative estimate of drug-likeness (QED) is 0.169. The van der Waals surface area contributed by atoms with E-state index in [4.69, 9.17) is 9.47 Å². The number of aromatic nitrogens is 2. The van der Waals surface area contributed by atoms with Crippen molar-refractivity contribution in [3.63, 3.8) is 0 Å². The number of para-hydroxylation sites is 2. The van der Waals surface area contributed by atoms with E-state index in [1.807, 2.05) is 24.3 Å². The van der Waals surface area contributed by atoms with E-state index in [0.717, 1.165) is 72.7 Å². The van der Waals surface area contributed by atoms with Gasteiger partial charge in [-0.15, -0.1) is 0 Å². The molecule has 4 aliphatic heterocycles. The van der Waals surface area contributed by atoms with Gasteiger partial charge in [-0.25, -0.2) is 0 Å². The molecule has 0 bridgehead atoms. The molecule has 14 heteroatoms. The van der Waals surface area contributed by atoms with Crippen LogP contribution in [0, 0.1) is 0 Å². The molecule has 2 N–H and O–H groups in total. The van der Waals surface area contributed by atoms with E-state index in [2.05, 4.69) is 194 Å². The number of likely N-dealkylation sites (N-methyl/N-ethyl adjacent to an activating group) is 1. The monoisotopic (exact) mass is 1360 g/mol. The predicted molar refractivity (Wildman–Crippen MR) is 256 cm³/mol. The van der Waals surface area contributed by atoms with Crippen LogP contribution in [-0.2, 0) is 40.2 Å². The number of benzene rings is 4. The van der Waals surface area contributed by atoms with Crippen molar-refractivity contribution in [2.24, 2.45) is 0 Å². The van der Waals surface area contributed by atoms with Gasteiger partial charge in [-0.3, -0.25) is 14.6 Å². The zero-order chi connectivity index (χ0) is 37.9. The van der Waals surface area contributed by atoms with Crippen LogP contribution in [0.5, 0.6) is 11.5 Å². The summed E-state index contributed by atoms with van der Waals surface area (Å²) in [7, 11) is 4.93. The van der Waals surface area contributed by atoms with Crippen LogP contribution in [0.2, 0.25) is 0 Å². The third kappa shape index (κ3) is 9.23. The minimum absolute atomic E-state index is 0.0863. The van der Waals surface area contributed by atoms with Crippen LogP contribution in [0.1, 0.15) is 56.9 Å². The molecule has 0 aliphatic carbocycles. The standard InChI is InChI=1S/C20H18N2O2.C20H20N2O.5HI.2V/c1-22-11-15-18(21-16-5-3-2-4-14(16)20(15)23)19(22)13-6-7-17-12(10-13)8-9-24-17;1-22-10-8-16-15-4-2-3-5-17(15)21-19(16)20(22)14-6-7-18-13(12-14)9-11-23-18;;;;;;;/h2-7,10,19H,8-9,11H2,1H3,(H,21,23);2-7,12,20-21H,8-11H2,1H3;5*1H;;/q;;;;;;;+2;+3/p-5/t19-;20-;;;;;;;/m11......./s1. The van der Waals surface area contributed by atoms with Crippen LogP contribution in [0.15, 0.2) is 89.7 Å². The van der Waals surface area contributed by atoms with Crippen molar-refractivity contribution >= 4 is 122 Å². The van der Waals surface area contributed by atoms with Gasteiger partial charge in [0.1, 0.15) is 11.5 Å². The summed E-state index contributed by atoms with van der Waals surface area (Å²) in [5.41, 5.74) is 12.3. The maximum atomic E-state index is 12.9. The number of hydrogen-bond acceptors (Lipinski definition) is 5. The van der Waals surface area contributed by atoms with Gasteiger partial charge >= 0.3 is 114 Å². The summed E-state index contributed by atoms with van der Waals surface area (Å²) in [5.74, 6) is 2.05. The Morgan fingerprint density at radius 2 is 1.17 bits per heavy atom. The first-order valence-corrected chi connectivity index (χ1v) is 40.1. The number of hydrogen-bond donors (Lipinski definition) is 2. The van der Waals surface area contributed by atoms with E-state index < -0.39 is 0 Å². The van der Waals surface area contributed by atoms with Crippen molar-refractivity contribution in [2.75, 3.05) is 33.9 Å². The molecule has 7 nitrogen and oxygen atoms in total. The Kier molecular flexibility index (Phi) is 15.1. The fourth-order valence-corrected chi connectivity index (χ4v) is 8.20. The fourth-order valence-electron chi connectivity index (χ4n) is 8.20. The molecule has 0 fully saturated rings. The first-order valence-electron chi connectivity index (χ1n) is 17.5. The normalized spacial score (nSPS) is 18.1. The number of ether oxygens (including phenoxy) is 2. The number of nitrogens with zero attached hydrogens (tertiary/aromatic N) is 2. The first kappa shape index (κ1) is 42.1. The first-order chi connectivity index (χ1) is 26.2. The number of fused-ring (bicyclic) bond motifs is 7. The van der Waals surface area contributed by atoms with E-state index in [0.29, 0.717) is 22.1 Å². The molecular weight excluding hydrogens is 1320 g/mol. The van der Waals surface area contributed by atoms with Gasteiger partial charge in [0.2, 0.25) is 0 Å². The molecule has 0 radical (unpaired) electrons. The molecule has 4 aliphatic rings. The average Bonchev–Trinajstić information content (AvgIpc) is 3.96. The summed E-state index contributed by atoms with van der Waals surface area (Å²) in [6.07, 6.45) is 3.10. The van der Waals surface area contributed by atoms with Crippen molar-refractivity contribution in [1.82, 2.24) is 19.8 Å². The summed E-state index contributed by atoms with van der Waals surface area (Å²) in [6, 6.07) is 29.9. The summed E-state index contributed by atoms with van der Waals surface area (Å²) < 4.78 is 11.3. The van der Waals surface area contributed by atoms with Gasteiger partial charge in [-0.05, 0) is 78.7 Å². The molecule has 0 spiro atoms. The zero-order valence-electron chi connectivity index (χ0n) is 29.6. The third-order valence-corrected chi connectivity index (χ3v) is 10.5. The summed E-state index contributed by atoms with van der Waals surface area (Å²) in [4.78, 5) is 24.5. The topological polar surface area (TPSA) is 73.6 Å². The molecule has 0 amide bonds. The molecule has 2 atom stereocenters. The Morgan fingerprint density at radius 1 is 0.685 bits per heavy atom. The van der Waals surface area contributed by atoms with Crippen molar-refractivity contribution < 1.29 is 23.9 Å². The Bertz CT molecular complexity index is 2330. The Balaban J connectivity index is 0.000000143. The summed E-state index contributed by atoms with van der Waals surface area (Å²) in [5, 5.41) is 2.15. The number of rotatable bonds is 2. The fraction of sp³-hybridized carbons (Fsp3) is 0.275. The Morgan fingerprint density at radius 3 is 1.74 bits per heavy atom. The van der Waals surface area contributed by atoms with Gasteiger partial charge in [-0.2, -0.15) is 0 Å². The molecule has 54 heavy (non-hydrogen) atoms. The average molecular weight is 1360 g/mol. The minimum atomic E-state index is -0.278. The van der Waals surface area contributed by atoms with E-state index in [1.54, 1.807) is 0 Å². The Hall–Kier alpha value is -0.0312. The summed E-state index contributed by atoms with van der Waals surface area (Å²) >= 11 is 12.1.